The van der Waals surface area contributed by atoms with Crippen LogP contribution in [0.4, 0.5) is 0 Å². The summed E-state index contributed by atoms with van der Waals surface area (Å²) in [5.41, 5.74) is -0.0949. The molecular weight excluding hydrogens is 176 g/mol. The molecule has 1 aliphatic heterocycles. The van der Waals surface area contributed by atoms with Gasteiger partial charge in [-0.1, -0.05) is 6.58 Å². The van der Waals surface area contributed by atoms with Crippen LogP contribution in [0.25, 0.3) is 0 Å². The fourth-order valence-electron chi connectivity index (χ4n) is 2.73. The van der Waals surface area contributed by atoms with Gasteiger partial charge in [-0.2, -0.15) is 0 Å². The number of ether oxygens (including phenoxy) is 1. The number of nitrogens with one attached hydrogen (secondary N) is 1. The Kier molecular flexibility index (Phi) is 2.54. The SMILES string of the molecule is C=CN(C)[C@H]1CCC[C@@]12N[C@H](C)CO2. The zero-order chi connectivity index (χ0) is 10.2. The lowest BCUT2D eigenvalue weighted by molar-refractivity contribution is -0.0463. The molecule has 0 bridgehead atoms. The molecule has 3 nitrogen and oxygen atoms in total. The van der Waals surface area contributed by atoms with Gasteiger partial charge in [0.1, 0.15) is 5.72 Å². The predicted octanol–water partition coefficient (Wildman–Crippen LogP) is 1.32. The molecule has 2 aliphatic rings. The van der Waals surface area contributed by atoms with Gasteiger partial charge < -0.3 is 9.64 Å². The summed E-state index contributed by atoms with van der Waals surface area (Å²) < 4.78 is 5.95. The third-order valence-electron chi connectivity index (χ3n) is 3.43. The summed E-state index contributed by atoms with van der Waals surface area (Å²) in [4.78, 5) is 2.18. The van der Waals surface area contributed by atoms with Crippen molar-refractivity contribution in [1.29, 1.82) is 0 Å². The minimum Gasteiger partial charge on any atom is -0.374 e. The van der Waals surface area contributed by atoms with Crippen molar-refractivity contribution >= 4 is 0 Å². The Balaban J connectivity index is 2.13. The van der Waals surface area contributed by atoms with E-state index in [1.54, 1.807) is 0 Å². The summed E-state index contributed by atoms with van der Waals surface area (Å²) in [6.07, 6.45) is 5.46. The third kappa shape index (κ3) is 1.44. The number of nitrogens with zero attached hydrogens (tertiary/aromatic N) is 1. The van der Waals surface area contributed by atoms with Gasteiger partial charge in [-0.3, -0.25) is 5.32 Å². The number of rotatable bonds is 2. The van der Waals surface area contributed by atoms with Crippen LogP contribution in [-0.4, -0.2) is 36.4 Å². The van der Waals surface area contributed by atoms with Crippen LogP contribution < -0.4 is 5.32 Å². The van der Waals surface area contributed by atoms with Crippen LogP contribution >= 0.6 is 0 Å². The van der Waals surface area contributed by atoms with Crippen molar-refractivity contribution < 1.29 is 4.74 Å². The summed E-state index contributed by atoms with van der Waals surface area (Å²) in [7, 11) is 2.08. The van der Waals surface area contributed by atoms with Crippen molar-refractivity contribution in [1.82, 2.24) is 10.2 Å². The molecule has 0 unspecified atom stereocenters. The zero-order valence-corrected chi connectivity index (χ0v) is 9.12. The van der Waals surface area contributed by atoms with Crippen LogP contribution in [0.5, 0.6) is 0 Å². The first-order chi connectivity index (χ1) is 6.68. The van der Waals surface area contributed by atoms with Crippen LogP contribution in [0.2, 0.25) is 0 Å². The van der Waals surface area contributed by atoms with E-state index in [0.717, 1.165) is 13.0 Å². The average molecular weight is 196 g/mol. The summed E-state index contributed by atoms with van der Waals surface area (Å²) in [6, 6.07) is 0.929. The molecule has 1 heterocycles. The topological polar surface area (TPSA) is 24.5 Å². The van der Waals surface area contributed by atoms with Gasteiger partial charge in [0, 0.05) is 13.1 Å². The molecule has 3 atom stereocenters. The Morgan fingerprint density at radius 2 is 2.43 bits per heavy atom. The maximum absolute atomic E-state index is 5.95. The minimum absolute atomic E-state index is 0.0949. The Morgan fingerprint density at radius 1 is 1.64 bits per heavy atom. The molecular formula is C11H20N2O. The zero-order valence-electron chi connectivity index (χ0n) is 9.12. The molecule has 1 aliphatic carbocycles. The average Bonchev–Trinajstić information content (AvgIpc) is 2.74. The van der Waals surface area contributed by atoms with Crippen molar-refractivity contribution in [3.63, 3.8) is 0 Å². The van der Waals surface area contributed by atoms with Crippen molar-refractivity contribution in [2.24, 2.45) is 0 Å². The molecule has 1 saturated heterocycles. The highest BCUT2D eigenvalue weighted by atomic mass is 16.5. The lowest BCUT2D eigenvalue weighted by Crippen LogP contribution is -2.54. The molecule has 0 radical (unpaired) electrons. The predicted molar refractivity (Wildman–Crippen MR) is 56.9 cm³/mol. The van der Waals surface area contributed by atoms with Crippen LogP contribution in [0.15, 0.2) is 12.8 Å². The first-order valence-electron chi connectivity index (χ1n) is 5.44. The lowest BCUT2D eigenvalue weighted by Gasteiger charge is -2.36. The second-order valence-corrected chi connectivity index (χ2v) is 4.50. The van der Waals surface area contributed by atoms with Crippen molar-refractivity contribution in [2.45, 2.75) is 44.0 Å². The van der Waals surface area contributed by atoms with Crippen LogP contribution in [0.1, 0.15) is 26.2 Å². The van der Waals surface area contributed by atoms with Gasteiger partial charge >= 0.3 is 0 Å². The van der Waals surface area contributed by atoms with Gasteiger partial charge in [-0.15, -0.1) is 0 Å². The summed E-state index contributed by atoms with van der Waals surface area (Å²) >= 11 is 0. The van der Waals surface area contributed by atoms with Crippen molar-refractivity contribution in [2.75, 3.05) is 13.7 Å². The van der Waals surface area contributed by atoms with Gasteiger partial charge in [0.15, 0.2) is 0 Å². The molecule has 0 aromatic rings. The monoisotopic (exact) mass is 196 g/mol. The van der Waals surface area contributed by atoms with E-state index in [-0.39, 0.29) is 5.72 Å². The highest BCUT2D eigenvalue weighted by Crippen LogP contribution is 2.37. The number of hydrogen-bond acceptors (Lipinski definition) is 3. The number of likely N-dealkylation sites (N-methyl/N-ethyl adjacent to an activating group) is 1. The van der Waals surface area contributed by atoms with Crippen molar-refractivity contribution in [3.05, 3.63) is 12.8 Å². The minimum atomic E-state index is -0.0949. The van der Waals surface area contributed by atoms with Crippen LogP contribution in [-0.2, 0) is 4.74 Å². The normalized spacial score (nSPS) is 41.9. The lowest BCUT2D eigenvalue weighted by atomic mass is 10.1. The molecule has 1 spiro atoms. The van der Waals surface area contributed by atoms with Crippen LogP contribution in [0, 0.1) is 0 Å². The quantitative estimate of drug-likeness (QED) is 0.721. The fourth-order valence-corrected chi connectivity index (χ4v) is 2.73. The first-order valence-corrected chi connectivity index (χ1v) is 5.44. The molecule has 80 valence electrons. The molecule has 2 rings (SSSR count). The molecule has 1 N–H and O–H groups in total. The van der Waals surface area contributed by atoms with Gasteiger partial charge in [0.2, 0.25) is 0 Å². The van der Waals surface area contributed by atoms with Crippen molar-refractivity contribution in [3.8, 4) is 0 Å². The molecule has 0 aromatic heterocycles. The fraction of sp³-hybridized carbons (Fsp3) is 0.818. The van der Waals surface area contributed by atoms with E-state index in [4.69, 9.17) is 4.74 Å². The second-order valence-electron chi connectivity index (χ2n) is 4.50. The van der Waals surface area contributed by atoms with E-state index in [1.165, 1.54) is 12.8 Å². The summed E-state index contributed by atoms with van der Waals surface area (Å²) in [6.45, 7) is 6.83. The summed E-state index contributed by atoms with van der Waals surface area (Å²) in [5.74, 6) is 0. The van der Waals surface area contributed by atoms with Gasteiger partial charge in [0.05, 0.1) is 12.6 Å². The van der Waals surface area contributed by atoms with E-state index in [9.17, 15) is 0 Å². The van der Waals surface area contributed by atoms with Crippen LogP contribution in [0.3, 0.4) is 0 Å². The van der Waals surface area contributed by atoms with E-state index in [0.29, 0.717) is 12.1 Å². The van der Waals surface area contributed by atoms with Gasteiger partial charge in [-0.05, 0) is 32.4 Å². The summed E-state index contributed by atoms with van der Waals surface area (Å²) in [5, 5.41) is 3.58. The van der Waals surface area contributed by atoms with Gasteiger partial charge in [-0.25, -0.2) is 0 Å². The smallest absolute Gasteiger partial charge is 0.140 e. The molecule has 0 amide bonds. The molecule has 14 heavy (non-hydrogen) atoms. The Morgan fingerprint density at radius 3 is 3.00 bits per heavy atom. The Hall–Kier alpha value is -0.540. The molecule has 1 saturated carbocycles. The van der Waals surface area contributed by atoms with Gasteiger partial charge in [0.25, 0.3) is 0 Å². The van der Waals surface area contributed by atoms with E-state index in [1.807, 2.05) is 6.20 Å². The maximum atomic E-state index is 5.95. The Labute approximate surface area is 86.1 Å². The molecule has 2 fully saturated rings. The highest BCUT2D eigenvalue weighted by molar-refractivity contribution is 5.03. The molecule has 0 aromatic carbocycles. The molecule has 3 heteroatoms. The highest BCUT2D eigenvalue weighted by Gasteiger charge is 2.49. The first kappa shape index (κ1) is 9.99. The van der Waals surface area contributed by atoms with E-state index >= 15 is 0 Å². The van der Waals surface area contributed by atoms with E-state index < -0.39 is 0 Å². The standard InChI is InChI=1S/C11H20N2O/c1-4-13(3)10-6-5-7-11(10)12-9(2)8-14-11/h4,9-10,12H,1,5-8H2,2-3H3/t9-,10+,11+/m1/s1. The number of hydrogen-bond donors (Lipinski definition) is 1. The second kappa shape index (κ2) is 3.55. The Bertz CT molecular complexity index is 231. The maximum Gasteiger partial charge on any atom is 0.140 e. The largest absolute Gasteiger partial charge is 0.374 e. The third-order valence-corrected chi connectivity index (χ3v) is 3.43. The van der Waals surface area contributed by atoms with E-state index in [2.05, 4.69) is 30.8 Å².